The fraction of sp³-hybridized carbons (Fsp3) is 0.0370. The molecule has 8 aromatic rings. The maximum Gasteiger partial charge on any atom is 0.208 e. The number of phenolic OH excluding ortho intramolecular Hbond substituents is 14. The van der Waals surface area contributed by atoms with Crippen LogP contribution in [0.15, 0.2) is 151 Å². The molecule has 0 aliphatic heterocycles. The van der Waals surface area contributed by atoms with Crippen molar-refractivity contribution < 1.29 is 91.9 Å². The fourth-order valence-electron chi connectivity index (χ4n) is 8.31. The van der Waals surface area contributed by atoms with Crippen LogP contribution in [0.2, 0.25) is 0 Å². The van der Waals surface area contributed by atoms with Crippen molar-refractivity contribution in [2.75, 3.05) is 23.0 Å². The summed E-state index contributed by atoms with van der Waals surface area (Å²) in [5.41, 5.74) is -0.449. The smallest absolute Gasteiger partial charge is 0.208 e. The van der Waals surface area contributed by atoms with E-state index in [1.54, 1.807) is 109 Å². The van der Waals surface area contributed by atoms with Gasteiger partial charge in [0.05, 0.1) is 35.6 Å². The van der Waals surface area contributed by atoms with Gasteiger partial charge < -0.3 is 102 Å². The first kappa shape index (κ1) is 50.0. The molecular formula is C54H44N2O18. The second-order valence-electron chi connectivity index (χ2n) is 16.3. The lowest BCUT2D eigenvalue weighted by Crippen LogP contribution is -2.22. The van der Waals surface area contributed by atoms with Crippen molar-refractivity contribution in [1.82, 2.24) is 0 Å². The standard InChI is InChI=1S/C54H44N2O18/c57-23-33(35-41(61)49(69)53(73)50(70)42(35)62)39(59)40(60)34(24-58)55(29-7-3-1-4-8-29)31-19-15-27(16-20-31)25-11-13-26(14-12-25)28-17-21-32(22-18-28)56(30-9-5-2-6-10-30)38-47(67)43(63)36(44(64)48(38)68)37-45(65)51(71)54(74)52(72)46(37)66/h1-22,57-74H,23-24H2/b39-33-,40-34-. The van der Waals surface area contributed by atoms with Crippen LogP contribution in [0.5, 0.6) is 80.5 Å². The molecule has 8 rings (SSSR count). The average molecular weight is 1010 g/mol. The number of aliphatic hydroxyl groups is 4. The van der Waals surface area contributed by atoms with E-state index in [9.17, 15) is 91.9 Å². The Morgan fingerprint density at radius 3 is 1.01 bits per heavy atom. The van der Waals surface area contributed by atoms with Crippen LogP contribution in [0.1, 0.15) is 5.56 Å². The number of hydrogen-bond acceptors (Lipinski definition) is 20. The minimum Gasteiger partial charge on any atom is -0.504 e. The molecule has 0 fully saturated rings. The molecule has 0 unspecified atom stereocenters. The number of phenols is 14. The monoisotopic (exact) mass is 1010 g/mol. The van der Waals surface area contributed by atoms with Crippen molar-refractivity contribution >= 4 is 34.0 Å². The minimum atomic E-state index is -1.34. The van der Waals surface area contributed by atoms with Crippen molar-refractivity contribution in [1.29, 1.82) is 0 Å². The zero-order valence-electron chi connectivity index (χ0n) is 38.1. The summed E-state index contributed by atoms with van der Waals surface area (Å²) < 4.78 is 0. The van der Waals surface area contributed by atoms with E-state index >= 15 is 0 Å². The summed E-state index contributed by atoms with van der Waals surface area (Å²) in [7, 11) is 0. The average Bonchev–Trinajstić information content (AvgIpc) is 3.43. The topological polar surface area (TPSA) is 371 Å². The lowest BCUT2D eigenvalue weighted by molar-refractivity contribution is 0.285. The number of anilines is 5. The van der Waals surface area contributed by atoms with Crippen molar-refractivity contribution in [2.45, 2.75) is 0 Å². The van der Waals surface area contributed by atoms with E-state index in [1.165, 1.54) is 9.80 Å². The van der Waals surface area contributed by atoms with Gasteiger partial charge in [0.2, 0.25) is 34.5 Å². The molecule has 0 bridgehead atoms. The molecule has 0 saturated heterocycles. The van der Waals surface area contributed by atoms with Gasteiger partial charge in [0.15, 0.2) is 57.5 Å². The Kier molecular flexibility index (Phi) is 13.3. The molecular weight excluding hydrogens is 965 g/mol. The molecule has 74 heavy (non-hydrogen) atoms. The van der Waals surface area contributed by atoms with E-state index < -0.39 is 133 Å². The first-order valence-electron chi connectivity index (χ1n) is 21.8. The first-order chi connectivity index (χ1) is 35.3. The molecule has 8 aromatic carbocycles. The van der Waals surface area contributed by atoms with Gasteiger partial charge in [-0.2, -0.15) is 0 Å². The Bertz CT molecular complexity index is 3420. The number of para-hydroxylation sites is 2. The van der Waals surface area contributed by atoms with Gasteiger partial charge in [-0.25, -0.2) is 0 Å². The second kappa shape index (κ2) is 19.8. The van der Waals surface area contributed by atoms with Crippen LogP contribution in [0.3, 0.4) is 0 Å². The summed E-state index contributed by atoms with van der Waals surface area (Å²) >= 11 is 0. The van der Waals surface area contributed by atoms with Crippen LogP contribution in [-0.4, -0.2) is 105 Å². The maximum absolute atomic E-state index is 11.5. The zero-order chi connectivity index (χ0) is 53.4. The van der Waals surface area contributed by atoms with Gasteiger partial charge in [0.1, 0.15) is 5.69 Å². The van der Waals surface area contributed by atoms with Gasteiger partial charge in [-0.3, -0.25) is 0 Å². The normalized spacial score (nSPS) is 12.0. The molecule has 0 amide bonds. The van der Waals surface area contributed by atoms with E-state index in [-0.39, 0.29) is 11.4 Å². The van der Waals surface area contributed by atoms with E-state index in [0.717, 1.165) is 11.1 Å². The second-order valence-corrected chi connectivity index (χ2v) is 16.3. The number of rotatable bonds is 13. The third kappa shape index (κ3) is 8.44. The predicted molar refractivity (Wildman–Crippen MR) is 269 cm³/mol. The number of benzene rings is 8. The summed E-state index contributed by atoms with van der Waals surface area (Å²) in [6, 6.07) is 37.3. The molecule has 0 saturated carbocycles. The molecule has 0 spiro atoms. The predicted octanol–water partition coefficient (Wildman–Crippen LogP) is 8.90. The highest BCUT2D eigenvalue weighted by Crippen LogP contribution is 2.64. The summed E-state index contributed by atoms with van der Waals surface area (Å²) in [4.78, 5) is 2.66. The van der Waals surface area contributed by atoms with Crippen LogP contribution in [0.4, 0.5) is 28.4 Å². The summed E-state index contributed by atoms with van der Waals surface area (Å²) in [6.45, 7) is -2.14. The van der Waals surface area contributed by atoms with Gasteiger partial charge >= 0.3 is 0 Å². The number of hydrogen-bond donors (Lipinski definition) is 18. The van der Waals surface area contributed by atoms with E-state index in [4.69, 9.17) is 0 Å². The van der Waals surface area contributed by atoms with Crippen molar-refractivity contribution in [2.24, 2.45) is 0 Å². The van der Waals surface area contributed by atoms with E-state index in [2.05, 4.69) is 0 Å². The van der Waals surface area contributed by atoms with Gasteiger partial charge in [0.25, 0.3) is 0 Å². The van der Waals surface area contributed by atoms with Gasteiger partial charge in [-0.15, -0.1) is 0 Å². The van der Waals surface area contributed by atoms with Crippen LogP contribution >= 0.6 is 0 Å². The molecule has 0 radical (unpaired) electrons. The van der Waals surface area contributed by atoms with E-state index in [0.29, 0.717) is 28.2 Å². The van der Waals surface area contributed by atoms with Crippen molar-refractivity contribution in [3.05, 3.63) is 156 Å². The molecule has 20 nitrogen and oxygen atoms in total. The van der Waals surface area contributed by atoms with Crippen LogP contribution in [0, 0.1) is 0 Å². The van der Waals surface area contributed by atoms with Gasteiger partial charge in [0, 0.05) is 28.3 Å². The van der Waals surface area contributed by atoms with Crippen molar-refractivity contribution in [3.63, 3.8) is 0 Å². The quantitative estimate of drug-likeness (QED) is 0.0222. The molecule has 0 aliphatic carbocycles. The highest BCUT2D eigenvalue weighted by molar-refractivity contribution is 5.99. The summed E-state index contributed by atoms with van der Waals surface area (Å²) in [5, 5.41) is 191. The molecule has 20 heteroatoms. The lowest BCUT2D eigenvalue weighted by atomic mass is 9.97. The van der Waals surface area contributed by atoms with Crippen LogP contribution in [0.25, 0.3) is 39.0 Å². The number of aromatic hydroxyl groups is 14. The SMILES string of the molecule is OC/C(=C(O)\C(O)=C(/CO)c1c(O)c(O)c(O)c(O)c1O)N(c1ccccc1)c1ccc(-c2ccc(-c3ccc(N(c4ccccc4)c4c(O)c(O)c(-c5c(O)c(O)c(O)c(O)c5O)c(O)c4O)cc3)cc2)cc1. The van der Waals surface area contributed by atoms with Crippen LogP contribution in [-0.2, 0) is 0 Å². The Morgan fingerprint density at radius 2 is 0.622 bits per heavy atom. The molecule has 378 valence electrons. The highest BCUT2D eigenvalue weighted by Gasteiger charge is 2.35. The summed E-state index contributed by atoms with van der Waals surface area (Å²) in [5.74, 6) is -19.8. The minimum absolute atomic E-state index is 0.285. The summed E-state index contributed by atoms with van der Waals surface area (Å²) in [6.07, 6.45) is 0. The van der Waals surface area contributed by atoms with E-state index in [1.807, 2.05) is 24.3 Å². The Morgan fingerprint density at radius 1 is 0.311 bits per heavy atom. The third-order valence-corrected chi connectivity index (χ3v) is 12.1. The third-order valence-electron chi connectivity index (χ3n) is 12.1. The highest BCUT2D eigenvalue weighted by atomic mass is 16.4. The number of nitrogens with zero attached hydrogens (tertiary/aromatic N) is 2. The largest absolute Gasteiger partial charge is 0.504 e. The Balaban J connectivity index is 1.11. The first-order valence-corrected chi connectivity index (χ1v) is 21.8. The maximum atomic E-state index is 11.5. The zero-order valence-corrected chi connectivity index (χ0v) is 38.1. The molecule has 0 atom stereocenters. The van der Waals surface area contributed by atoms with Gasteiger partial charge in [-0.05, 0) is 70.8 Å². The molecule has 0 heterocycles. The molecule has 0 aromatic heterocycles. The fourth-order valence-corrected chi connectivity index (χ4v) is 8.31. The Hall–Kier alpha value is -10.4. The molecule has 18 N–H and O–H groups in total. The van der Waals surface area contributed by atoms with Crippen LogP contribution < -0.4 is 9.80 Å². The molecule has 0 aliphatic rings. The lowest BCUT2D eigenvalue weighted by Gasteiger charge is -2.28. The van der Waals surface area contributed by atoms with Gasteiger partial charge in [-0.1, -0.05) is 84.9 Å². The van der Waals surface area contributed by atoms with Crippen molar-refractivity contribution in [3.8, 4) is 114 Å². The number of aliphatic hydroxyl groups excluding tert-OH is 4. The Labute approximate surface area is 417 Å².